The number of ether oxygens (including phenoxy) is 1. The number of hydrogen-bond acceptors (Lipinski definition) is 7. The lowest BCUT2D eigenvalue weighted by Crippen LogP contribution is -2.30. The van der Waals surface area contributed by atoms with Crippen LogP contribution in [0.15, 0.2) is 60.8 Å². The van der Waals surface area contributed by atoms with Crippen LogP contribution < -0.4 is 11.1 Å². The summed E-state index contributed by atoms with van der Waals surface area (Å²) in [7, 11) is 0. The number of nitrogens with two attached hydrogens (primary N) is 1. The van der Waals surface area contributed by atoms with Crippen LogP contribution in [-0.2, 0) is 11.3 Å². The molecule has 1 aliphatic carbocycles. The summed E-state index contributed by atoms with van der Waals surface area (Å²) < 4.78 is 5.46. The fourth-order valence-corrected chi connectivity index (χ4v) is 4.18. The van der Waals surface area contributed by atoms with Crippen LogP contribution in [0.4, 0.5) is 10.6 Å². The molecular weight excluding hydrogens is 422 g/mol. The van der Waals surface area contributed by atoms with Crippen LogP contribution in [0.25, 0.3) is 11.1 Å². The van der Waals surface area contributed by atoms with Crippen molar-refractivity contribution < 1.29 is 24.9 Å². The minimum atomic E-state index is -1.23. The summed E-state index contributed by atoms with van der Waals surface area (Å²) in [4.78, 5) is 16.1. The van der Waals surface area contributed by atoms with Gasteiger partial charge in [-0.05, 0) is 34.7 Å². The topological polar surface area (TPSA) is 138 Å². The Morgan fingerprint density at radius 1 is 1.09 bits per heavy atom. The van der Waals surface area contributed by atoms with Crippen LogP contribution in [0.3, 0.4) is 0 Å². The maximum atomic E-state index is 12.2. The lowest BCUT2D eigenvalue weighted by Gasteiger charge is -2.19. The van der Waals surface area contributed by atoms with E-state index < -0.39 is 18.3 Å². The van der Waals surface area contributed by atoms with Crippen molar-refractivity contribution in [3.05, 3.63) is 83.0 Å². The van der Waals surface area contributed by atoms with Crippen LogP contribution in [-0.4, -0.2) is 45.7 Å². The molecular formula is C25H27N3O5. The van der Waals surface area contributed by atoms with Gasteiger partial charge in [-0.15, -0.1) is 0 Å². The molecule has 0 radical (unpaired) electrons. The predicted molar refractivity (Wildman–Crippen MR) is 123 cm³/mol. The van der Waals surface area contributed by atoms with Crippen LogP contribution in [0.1, 0.15) is 40.7 Å². The van der Waals surface area contributed by atoms with Crippen molar-refractivity contribution >= 4 is 11.9 Å². The van der Waals surface area contributed by atoms with Gasteiger partial charge in [0.05, 0.1) is 12.7 Å². The smallest absolute Gasteiger partial charge is 0.407 e. The Labute approximate surface area is 191 Å². The Kier molecular flexibility index (Phi) is 6.88. The molecule has 8 heteroatoms. The Hall–Kier alpha value is -3.46. The molecule has 6 N–H and O–H groups in total. The lowest BCUT2D eigenvalue weighted by atomic mass is 9.98. The molecule has 8 nitrogen and oxygen atoms in total. The van der Waals surface area contributed by atoms with Gasteiger partial charge in [0.2, 0.25) is 0 Å². The average Bonchev–Trinajstić information content (AvgIpc) is 3.16. The lowest BCUT2D eigenvalue weighted by molar-refractivity contribution is 0.0134. The molecule has 0 saturated heterocycles. The number of hydrogen-bond donors (Lipinski definition) is 5. The Morgan fingerprint density at radius 3 is 2.36 bits per heavy atom. The summed E-state index contributed by atoms with van der Waals surface area (Å²) in [5.74, 6) is 0.133. The summed E-state index contributed by atoms with van der Waals surface area (Å²) in [5, 5.41) is 32.5. The second-order valence-electron chi connectivity index (χ2n) is 8.02. The molecule has 1 amide bonds. The number of pyridine rings is 1. The quantitative estimate of drug-likeness (QED) is 0.356. The zero-order chi connectivity index (χ0) is 23.4. The normalized spacial score (nSPS) is 14.3. The third-order valence-electron chi connectivity index (χ3n) is 5.95. The summed E-state index contributed by atoms with van der Waals surface area (Å²) in [6.07, 6.45) is -1.51. The third-order valence-corrected chi connectivity index (χ3v) is 5.95. The summed E-state index contributed by atoms with van der Waals surface area (Å²) in [6.45, 7) is -0.00489. The third kappa shape index (κ3) is 4.83. The summed E-state index contributed by atoms with van der Waals surface area (Å²) >= 11 is 0. The van der Waals surface area contributed by atoms with Crippen molar-refractivity contribution in [1.82, 2.24) is 10.3 Å². The fraction of sp³-hybridized carbons (Fsp3) is 0.280. The number of carbonyl (C=O) groups is 1. The highest BCUT2D eigenvalue weighted by Crippen LogP contribution is 2.44. The number of nitrogens with zero attached hydrogens (tertiary/aromatic N) is 1. The number of alkyl carbamates (subject to hydrolysis) is 1. The van der Waals surface area contributed by atoms with Gasteiger partial charge in [-0.25, -0.2) is 9.78 Å². The van der Waals surface area contributed by atoms with Gasteiger partial charge in [0, 0.05) is 29.8 Å². The number of nitrogen functional groups attached to an aromatic ring is 1. The zero-order valence-electron chi connectivity index (χ0n) is 18.0. The number of aliphatic hydroxyl groups excluding tert-OH is 3. The van der Waals surface area contributed by atoms with Crippen molar-refractivity contribution in [3.8, 4) is 11.1 Å². The standard InChI is InChI=1S/C25H27N3O5/c26-24-16(13-29)11-15(12-28-24)23(31)22(30)9-10-27-25(32)33-14-21-19-7-3-1-5-17(19)18-6-2-4-8-20(18)21/h1-8,11-12,21-23,29-31H,9-10,13-14H2,(H2,26,28)(H,27,32). The monoisotopic (exact) mass is 449 g/mol. The molecule has 2 unspecified atom stereocenters. The Balaban J connectivity index is 1.28. The molecule has 0 saturated carbocycles. The van der Waals surface area contributed by atoms with E-state index in [-0.39, 0.29) is 37.9 Å². The number of fused-ring (bicyclic) bond motifs is 3. The van der Waals surface area contributed by atoms with Crippen molar-refractivity contribution in [1.29, 1.82) is 0 Å². The highest BCUT2D eigenvalue weighted by Gasteiger charge is 2.29. The first kappa shape index (κ1) is 22.7. The van der Waals surface area contributed by atoms with E-state index >= 15 is 0 Å². The van der Waals surface area contributed by atoms with Gasteiger partial charge >= 0.3 is 6.09 Å². The number of carbonyl (C=O) groups excluding carboxylic acids is 1. The van der Waals surface area contributed by atoms with E-state index in [9.17, 15) is 20.1 Å². The Bertz CT molecular complexity index is 1090. The highest BCUT2D eigenvalue weighted by molar-refractivity contribution is 5.79. The van der Waals surface area contributed by atoms with Crippen molar-refractivity contribution in [3.63, 3.8) is 0 Å². The van der Waals surface area contributed by atoms with E-state index in [4.69, 9.17) is 10.5 Å². The number of amides is 1. The number of anilines is 1. The number of aliphatic hydroxyl groups is 3. The summed E-state index contributed by atoms with van der Waals surface area (Å²) in [6, 6.07) is 17.7. The molecule has 0 spiro atoms. The molecule has 1 aromatic heterocycles. The summed E-state index contributed by atoms with van der Waals surface area (Å²) in [5.41, 5.74) is 10.9. The molecule has 0 aliphatic heterocycles. The number of rotatable bonds is 8. The minimum absolute atomic E-state index is 0.0331. The predicted octanol–water partition coefficient (Wildman–Crippen LogP) is 2.48. The van der Waals surface area contributed by atoms with Crippen LogP contribution in [0.2, 0.25) is 0 Å². The van der Waals surface area contributed by atoms with E-state index in [1.54, 1.807) is 0 Å². The molecule has 1 heterocycles. The molecule has 2 atom stereocenters. The van der Waals surface area contributed by atoms with E-state index in [1.165, 1.54) is 12.3 Å². The molecule has 2 aromatic carbocycles. The van der Waals surface area contributed by atoms with Gasteiger partial charge in [0.25, 0.3) is 0 Å². The first-order chi connectivity index (χ1) is 16.0. The molecule has 3 aromatic rings. The largest absolute Gasteiger partial charge is 0.449 e. The number of aromatic nitrogens is 1. The van der Waals surface area contributed by atoms with E-state index in [1.807, 2.05) is 36.4 Å². The minimum Gasteiger partial charge on any atom is -0.449 e. The first-order valence-electron chi connectivity index (χ1n) is 10.8. The molecule has 172 valence electrons. The van der Waals surface area contributed by atoms with E-state index in [0.717, 1.165) is 22.3 Å². The second kappa shape index (κ2) is 9.99. The zero-order valence-corrected chi connectivity index (χ0v) is 18.0. The SMILES string of the molecule is Nc1ncc(C(O)C(O)CCNC(=O)OCC2c3ccccc3-c3ccccc32)cc1CO. The van der Waals surface area contributed by atoms with Gasteiger partial charge in [0.15, 0.2) is 0 Å². The number of benzene rings is 2. The molecule has 0 bridgehead atoms. The maximum Gasteiger partial charge on any atom is 0.407 e. The molecule has 0 fully saturated rings. The molecule has 33 heavy (non-hydrogen) atoms. The van der Waals surface area contributed by atoms with Crippen molar-refractivity contribution in [2.45, 2.75) is 31.2 Å². The van der Waals surface area contributed by atoms with Crippen LogP contribution >= 0.6 is 0 Å². The van der Waals surface area contributed by atoms with E-state index in [0.29, 0.717) is 11.1 Å². The van der Waals surface area contributed by atoms with Crippen molar-refractivity contribution in [2.24, 2.45) is 0 Å². The second-order valence-corrected chi connectivity index (χ2v) is 8.02. The maximum absolute atomic E-state index is 12.2. The average molecular weight is 450 g/mol. The van der Waals surface area contributed by atoms with Gasteiger partial charge in [-0.2, -0.15) is 0 Å². The fourth-order valence-electron chi connectivity index (χ4n) is 4.18. The van der Waals surface area contributed by atoms with Crippen LogP contribution in [0.5, 0.6) is 0 Å². The highest BCUT2D eigenvalue weighted by atomic mass is 16.5. The van der Waals surface area contributed by atoms with Gasteiger partial charge in [-0.1, -0.05) is 48.5 Å². The van der Waals surface area contributed by atoms with E-state index in [2.05, 4.69) is 22.4 Å². The Morgan fingerprint density at radius 2 is 1.73 bits per heavy atom. The van der Waals surface area contributed by atoms with Crippen LogP contribution in [0, 0.1) is 0 Å². The molecule has 4 rings (SSSR count). The van der Waals surface area contributed by atoms with Gasteiger partial charge in [0.1, 0.15) is 18.5 Å². The first-order valence-corrected chi connectivity index (χ1v) is 10.8. The number of nitrogens with one attached hydrogen (secondary N) is 1. The van der Waals surface area contributed by atoms with Gasteiger partial charge in [-0.3, -0.25) is 0 Å². The van der Waals surface area contributed by atoms with Gasteiger partial charge < -0.3 is 31.1 Å². The van der Waals surface area contributed by atoms with Crippen molar-refractivity contribution in [2.75, 3.05) is 18.9 Å². The molecule has 1 aliphatic rings.